The molecular formula is C19H26N4O3S. The van der Waals surface area contributed by atoms with Gasteiger partial charge in [-0.1, -0.05) is 30.3 Å². The van der Waals surface area contributed by atoms with Crippen molar-refractivity contribution in [2.24, 2.45) is 0 Å². The van der Waals surface area contributed by atoms with Crippen LogP contribution in [-0.4, -0.2) is 73.6 Å². The molecule has 2 aromatic rings. The summed E-state index contributed by atoms with van der Waals surface area (Å²) in [6.07, 6.45) is 1.37. The first-order valence-corrected chi connectivity index (χ1v) is 10.5. The zero-order chi connectivity index (χ0) is 19.3. The number of sulfonamides is 1. The van der Waals surface area contributed by atoms with E-state index in [4.69, 9.17) is 0 Å². The second kappa shape index (κ2) is 8.79. The predicted molar refractivity (Wildman–Crippen MR) is 105 cm³/mol. The Hall–Kier alpha value is -2.00. The Bertz CT molecular complexity index is 820. The van der Waals surface area contributed by atoms with Gasteiger partial charge in [0.2, 0.25) is 10.0 Å². The first-order chi connectivity index (χ1) is 12.9. The minimum absolute atomic E-state index is 0.197. The van der Waals surface area contributed by atoms with Crippen molar-refractivity contribution >= 4 is 15.8 Å². The number of aliphatic hydroxyl groups excluding tert-OH is 1. The number of rotatable bonds is 7. The van der Waals surface area contributed by atoms with E-state index in [1.165, 1.54) is 10.5 Å². The summed E-state index contributed by atoms with van der Waals surface area (Å²) in [6, 6.07) is 13.0. The van der Waals surface area contributed by atoms with E-state index in [2.05, 4.69) is 15.2 Å². The number of benzene rings is 1. The lowest BCUT2D eigenvalue weighted by Gasteiger charge is -2.31. The van der Waals surface area contributed by atoms with Crippen LogP contribution in [-0.2, 0) is 16.4 Å². The summed E-state index contributed by atoms with van der Waals surface area (Å²) in [5, 5.41) is 13.2. The van der Waals surface area contributed by atoms with Gasteiger partial charge in [0.05, 0.1) is 6.10 Å². The summed E-state index contributed by atoms with van der Waals surface area (Å²) in [5.41, 5.74) is 1.06. The number of aromatic nitrogens is 1. The Morgan fingerprint density at radius 3 is 2.44 bits per heavy atom. The van der Waals surface area contributed by atoms with Crippen LogP contribution in [0.1, 0.15) is 5.56 Å². The summed E-state index contributed by atoms with van der Waals surface area (Å²) in [5.74, 6) is 0.541. The minimum Gasteiger partial charge on any atom is -0.391 e. The largest absolute Gasteiger partial charge is 0.391 e. The fourth-order valence-corrected chi connectivity index (χ4v) is 4.36. The molecule has 0 bridgehead atoms. The summed E-state index contributed by atoms with van der Waals surface area (Å²) in [7, 11) is -1.52. The van der Waals surface area contributed by atoms with Crippen molar-refractivity contribution in [2.45, 2.75) is 17.4 Å². The fraction of sp³-hybridized carbons (Fsp3) is 0.421. The van der Waals surface area contributed by atoms with Crippen LogP contribution in [0.5, 0.6) is 0 Å². The Labute approximate surface area is 160 Å². The lowest BCUT2D eigenvalue weighted by Crippen LogP contribution is -2.47. The third kappa shape index (κ3) is 5.26. The molecule has 2 N–H and O–H groups in total. The average Bonchev–Trinajstić information content (AvgIpc) is 2.68. The van der Waals surface area contributed by atoms with Gasteiger partial charge < -0.3 is 15.3 Å². The smallest absolute Gasteiger partial charge is 0.244 e. The van der Waals surface area contributed by atoms with Crippen molar-refractivity contribution in [2.75, 3.05) is 45.1 Å². The lowest BCUT2D eigenvalue weighted by molar-refractivity contribution is 0.188. The van der Waals surface area contributed by atoms with Crippen LogP contribution in [0, 0.1) is 0 Å². The molecule has 1 unspecified atom stereocenters. The normalized spacial score (nSPS) is 17.6. The molecule has 0 radical (unpaired) electrons. The molecule has 27 heavy (non-hydrogen) atoms. The Morgan fingerprint density at radius 2 is 1.81 bits per heavy atom. The SMILES string of the molecule is CN1CCN(S(=O)(=O)c2ccc(NCC(O)Cc3ccccc3)nc2)CC1. The van der Waals surface area contributed by atoms with Crippen LogP contribution in [0.25, 0.3) is 0 Å². The van der Waals surface area contributed by atoms with E-state index < -0.39 is 16.1 Å². The second-order valence-corrected chi connectivity index (χ2v) is 8.75. The second-order valence-electron chi connectivity index (χ2n) is 6.81. The molecule has 0 saturated carbocycles. The third-order valence-corrected chi connectivity index (χ3v) is 6.55. The minimum atomic E-state index is -3.51. The number of anilines is 1. The van der Waals surface area contributed by atoms with E-state index in [1.807, 2.05) is 37.4 Å². The number of aliphatic hydroxyl groups is 1. The fourth-order valence-electron chi connectivity index (χ4n) is 3.00. The zero-order valence-corrected chi connectivity index (χ0v) is 16.3. The molecule has 1 fully saturated rings. The van der Waals surface area contributed by atoms with Gasteiger partial charge in [-0.15, -0.1) is 0 Å². The van der Waals surface area contributed by atoms with Crippen LogP contribution in [0.3, 0.4) is 0 Å². The standard InChI is InChI=1S/C19H26N4O3S/c1-22-9-11-23(12-10-22)27(25,26)18-7-8-19(21-15-18)20-14-17(24)13-16-5-3-2-4-6-16/h2-8,15,17,24H,9-14H2,1H3,(H,20,21). The lowest BCUT2D eigenvalue weighted by atomic mass is 10.1. The highest BCUT2D eigenvalue weighted by atomic mass is 32.2. The van der Waals surface area contributed by atoms with Crippen molar-refractivity contribution in [1.29, 1.82) is 0 Å². The number of likely N-dealkylation sites (N-methyl/N-ethyl adjacent to an activating group) is 1. The van der Waals surface area contributed by atoms with Gasteiger partial charge >= 0.3 is 0 Å². The number of nitrogens with one attached hydrogen (secondary N) is 1. The molecular weight excluding hydrogens is 364 g/mol. The molecule has 1 aromatic heterocycles. The Balaban J connectivity index is 1.55. The van der Waals surface area contributed by atoms with Crippen molar-refractivity contribution in [1.82, 2.24) is 14.2 Å². The van der Waals surface area contributed by atoms with Gasteiger partial charge in [-0.3, -0.25) is 0 Å². The molecule has 3 rings (SSSR count). The van der Waals surface area contributed by atoms with Gasteiger partial charge in [0.25, 0.3) is 0 Å². The highest BCUT2D eigenvalue weighted by Gasteiger charge is 2.27. The molecule has 8 heteroatoms. The van der Waals surface area contributed by atoms with Crippen molar-refractivity contribution in [3.8, 4) is 0 Å². The molecule has 1 saturated heterocycles. The maximum Gasteiger partial charge on any atom is 0.244 e. The maximum absolute atomic E-state index is 12.7. The summed E-state index contributed by atoms with van der Waals surface area (Å²) < 4.78 is 26.9. The van der Waals surface area contributed by atoms with Gasteiger partial charge in [0, 0.05) is 45.3 Å². The summed E-state index contributed by atoms with van der Waals surface area (Å²) in [4.78, 5) is 6.50. The molecule has 1 aliphatic rings. The van der Waals surface area contributed by atoms with E-state index in [1.54, 1.807) is 12.1 Å². The molecule has 1 aliphatic heterocycles. The molecule has 1 aromatic carbocycles. The first kappa shape index (κ1) is 19.8. The van der Waals surface area contributed by atoms with Gasteiger partial charge in [0.1, 0.15) is 10.7 Å². The topological polar surface area (TPSA) is 85.8 Å². The van der Waals surface area contributed by atoms with Gasteiger partial charge in [0.15, 0.2) is 0 Å². The first-order valence-electron chi connectivity index (χ1n) is 9.06. The number of piperazine rings is 1. The van der Waals surface area contributed by atoms with Crippen molar-refractivity contribution in [3.63, 3.8) is 0 Å². The number of nitrogens with zero attached hydrogens (tertiary/aromatic N) is 3. The number of hydrogen-bond donors (Lipinski definition) is 2. The van der Waals surface area contributed by atoms with Gasteiger partial charge in [-0.2, -0.15) is 4.31 Å². The van der Waals surface area contributed by atoms with Crippen molar-refractivity contribution < 1.29 is 13.5 Å². The van der Waals surface area contributed by atoms with Gasteiger partial charge in [-0.25, -0.2) is 13.4 Å². The Kier molecular flexibility index (Phi) is 6.43. The van der Waals surface area contributed by atoms with Crippen LogP contribution in [0.2, 0.25) is 0 Å². The highest BCUT2D eigenvalue weighted by molar-refractivity contribution is 7.89. The van der Waals surface area contributed by atoms with E-state index in [9.17, 15) is 13.5 Å². The Morgan fingerprint density at radius 1 is 1.11 bits per heavy atom. The van der Waals surface area contributed by atoms with Crippen LogP contribution < -0.4 is 5.32 Å². The quantitative estimate of drug-likeness (QED) is 0.735. The highest BCUT2D eigenvalue weighted by Crippen LogP contribution is 2.18. The third-order valence-electron chi connectivity index (χ3n) is 4.67. The number of pyridine rings is 1. The summed E-state index contributed by atoms with van der Waals surface area (Å²) in [6.45, 7) is 2.78. The van der Waals surface area contributed by atoms with E-state index >= 15 is 0 Å². The molecule has 146 valence electrons. The average molecular weight is 391 g/mol. The van der Waals surface area contributed by atoms with E-state index in [0.717, 1.165) is 18.7 Å². The monoisotopic (exact) mass is 390 g/mol. The van der Waals surface area contributed by atoms with Crippen LogP contribution in [0.4, 0.5) is 5.82 Å². The number of hydrogen-bond acceptors (Lipinski definition) is 6. The van der Waals surface area contributed by atoms with Crippen LogP contribution >= 0.6 is 0 Å². The molecule has 1 atom stereocenters. The molecule has 0 aliphatic carbocycles. The molecule has 0 amide bonds. The van der Waals surface area contributed by atoms with E-state index in [0.29, 0.717) is 31.9 Å². The maximum atomic E-state index is 12.7. The molecule has 2 heterocycles. The van der Waals surface area contributed by atoms with Crippen molar-refractivity contribution in [3.05, 3.63) is 54.2 Å². The van der Waals surface area contributed by atoms with Crippen LogP contribution in [0.15, 0.2) is 53.6 Å². The predicted octanol–water partition coefficient (Wildman–Crippen LogP) is 1.03. The molecule has 7 nitrogen and oxygen atoms in total. The van der Waals surface area contributed by atoms with E-state index in [-0.39, 0.29) is 4.90 Å². The molecule has 0 spiro atoms. The zero-order valence-electron chi connectivity index (χ0n) is 15.5. The summed E-state index contributed by atoms with van der Waals surface area (Å²) >= 11 is 0. The van der Waals surface area contributed by atoms with Gasteiger partial charge in [-0.05, 0) is 24.7 Å².